The van der Waals surface area contributed by atoms with E-state index in [0.29, 0.717) is 28.5 Å². The van der Waals surface area contributed by atoms with Gasteiger partial charge < -0.3 is 18.9 Å². The molecular formula is C27H24N2O6. The Kier molecular flexibility index (Phi) is 7.48. The summed E-state index contributed by atoms with van der Waals surface area (Å²) in [5.74, 6) is -0.0781. The topological polar surface area (TPSA) is 98.1 Å². The van der Waals surface area contributed by atoms with Gasteiger partial charge in [0, 0.05) is 11.8 Å². The Balaban J connectivity index is 1.47. The second kappa shape index (κ2) is 11.1. The van der Waals surface area contributed by atoms with Crippen LogP contribution in [0.25, 0.3) is 0 Å². The molecule has 3 aromatic rings. The van der Waals surface area contributed by atoms with E-state index >= 15 is 0 Å². The maximum absolute atomic E-state index is 12.9. The van der Waals surface area contributed by atoms with Crippen LogP contribution >= 0.6 is 0 Å². The van der Waals surface area contributed by atoms with Crippen molar-refractivity contribution in [1.29, 1.82) is 5.26 Å². The largest absolute Gasteiger partial charge is 0.490 e. The van der Waals surface area contributed by atoms with Gasteiger partial charge in [0.1, 0.15) is 19.0 Å². The van der Waals surface area contributed by atoms with Crippen molar-refractivity contribution in [2.24, 2.45) is 0 Å². The van der Waals surface area contributed by atoms with Crippen LogP contribution in [0.2, 0.25) is 0 Å². The summed E-state index contributed by atoms with van der Waals surface area (Å²) < 4.78 is 22.6. The number of ether oxygens (including phenoxy) is 4. The Hall–Kier alpha value is -4.51. The van der Waals surface area contributed by atoms with E-state index < -0.39 is 11.9 Å². The molecule has 178 valence electrons. The molecule has 35 heavy (non-hydrogen) atoms. The minimum atomic E-state index is -0.918. The Morgan fingerprint density at radius 2 is 1.83 bits per heavy atom. The first kappa shape index (κ1) is 23.6. The Morgan fingerprint density at radius 3 is 2.54 bits per heavy atom. The van der Waals surface area contributed by atoms with Crippen LogP contribution in [0.5, 0.6) is 17.2 Å². The van der Waals surface area contributed by atoms with E-state index in [0.717, 1.165) is 5.56 Å². The van der Waals surface area contributed by atoms with Crippen molar-refractivity contribution in [2.45, 2.75) is 19.6 Å². The van der Waals surface area contributed by atoms with Crippen LogP contribution < -0.4 is 19.1 Å². The molecule has 0 aliphatic carbocycles. The number of anilines is 1. The van der Waals surface area contributed by atoms with Crippen molar-refractivity contribution in [2.75, 3.05) is 24.7 Å². The summed E-state index contributed by atoms with van der Waals surface area (Å²) in [6, 6.07) is 23.3. The van der Waals surface area contributed by atoms with Crippen LogP contribution in [0, 0.1) is 11.3 Å². The zero-order chi connectivity index (χ0) is 24.6. The van der Waals surface area contributed by atoms with Gasteiger partial charge >= 0.3 is 11.9 Å². The first-order valence-electron chi connectivity index (χ1n) is 11.2. The van der Waals surface area contributed by atoms with Gasteiger partial charge in [-0.15, -0.1) is 0 Å². The summed E-state index contributed by atoms with van der Waals surface area (Å²) in [6.07, 6.45) is -0.342. The van der Waals surface area contributed by atoms with Gasteiger partial charge in [0.05, 0.1) is 24.8 Å². The molecule has 1 atom stereocenters. The number of carbonyl (C=O) groups is 2. The number of esters is 1. The normalized spacial score (nSPS) is 13.9. The molecule has 0 unspecified atom stereocenters. The van der Waals surface area contributed by atoms with Crippen LogP contribution in [-0.4, -0.2) is 37.8 Å². The Morgan fingerprint density at radius 1 is 1.06 bits per heavy atom. The predicted octanol–water partition coefficient (Wildman–Crippen LogP) is 3.87. The standard InChI is InChI=1S/C27H24N2O6/c1-2-32-27(31)26(30)29(16-20-6-4-3-5-7-20)21-10-13-24-25(14-21)34-18-23(35-24)17-33-22-11-8-19(15-28)9-12-22/h3-14,23H,2,16-18H2,1H3/t23-/m0/s1. The average molecular weight is 472 g/mol. The highest BCUT2D eigenvalue weighted by Gasteiger charge is 2.28. The summed E-state index contributed by atoms with van der Waals surface area (Å²) in [5, 5.41) is 8.89. The third-order valence-corrected chi connectivity index (χ3v) is 5.26. The van der Waals surface area contributed by atoms with Gasteiger partial charge in [-0.3, -0.25) is 9.69 Å². The van der Waals surface area contributed by atoms with Gasteiger partial charge in [-0.25, -0.2) is 4.79 Å². The molecule has 8 heteroatoms. The van der Waals surface area contributed by atoms with Crippen molar-refractivity contribution in [1.82, 2.24) is 0 Å². The molecule has 0 saturated heterocycles. The number of carbonyl (C=O) groups excluding carboxylic acids is 2. The summed E-state index contributed by atoms with van der Waals surface area (Å²) in [7, 11) is 0. The third kappa shape index (κ3) is 5.89. The molecule has 0 spiro atoms. The van der Waals surface area contributed by atoms with Gasteiger partial charge in [-0.05, 0) is 48.9 Å². The van der Waals surface area contributed by atoms with Gasteiger partial charge in [-0.1, -0.05) is 30.3 Å². The van der Waals surface area contributed by atoms with E-state index in [1.54, 1.807) is 49.4 Å². The summed E-state index contributed by atoms with van der Waals surface area (Å²) in [4.78, 5) is 26.4. The maximum atomic E-state index is 12.9. The molecule has 0 bridgehead atoms. The molecule has 8 nitrogen and oxygen atoms in total. The monoisotopic (exact) mass is 472 g/mol. The first-order chi connectivity index (χ1) is 17.1. The molecule has 0 saturated carbocycles. The highest BCUT2D eigenvalue weighted by Crippen LogP contribution is 2.36. The van der Waals surface area contributed by atoms with Crippen molar-refractivity contribution in [3.05, 3.63) is 83.9 Å². The lowest BCUT2D eigenvalue weighted by Crippen LogP contribution is -2.38. The van der Waals surface area contributed by atoms with E-state index in [2.05, 4.69) is 6.07 Å². The second-order valence-corrected chi connectivity index (χ2v) is 7.73. The molecular weight excluding hydrogens is 448 g/mol. The molecule has 0 fully saturated rings. The number of nitriles is 1. The van der Waals surface area contributed by atoms with Gasteiger partial charge in [0.2, 0.25) is 0 Å². The molecule has 4 rings (SSSR count). The van der Waals surface area contributed by atoms with Gasteiger partial charge in [0.25, 0.3) is 0 Å². The predicted molar refractivity (Wildman–Crippen MR) is 127 cm³/mol. The number of amides is 1. The maximum Gasteiger partial charge on any atom is 0.397 e. The molecule has 1 aliphatic rings. The van der Waals surface area contributed by atoms with E-state index in [9.17, 15) is 9.59 Å². The number of rotatable bonds is 7. The fourth-order valence-electron chi connectivity index (χ4n) is 3.52. The SMILES string of the molecule is CCOC(=O)C(=O)N(Cc1ccccc1)c1ccc2c(c1)OC[C@H](COc1ccc(C#N)cc1)O2. The fraction of sp³-hybridized carbons (Fsp3) is 0.222. The Bertz CT molecular complexity index is 1220. The van der Waals surface area contributed by atoms with E-state index in [4.69, 9.17) is 24.2 Å². The number of hydrogen-bond donors (Lipinski definition) is 0. The van der Waals surface area contributed by atoms with E-state index in [1.807, 2.05) is 30.3 Å². The minimum absolute atomic E-state index is 0.108. The second-order valence-electron chi connectivity index (χ2n) is 7.73. The number of hydrogen-bond acceptors (Lipinski definition) is 7. The third-order valence-electron chi connectivity index (χ3n) is 5.26. The summed E-state index contributed by atoms with van der Waals surface area (Å²) in [5.41, 5.74) is 1.91. The highest BCUT2D eigenvalue weighted by molar-refractivity contribution is 6.38. The lowest BCUT2D eigenvalue weighted by Gasteiger charge is -2.28. The van der Waals surface area contributed by atoms with Gasteiger partial charge in [0.15, 0.2) is 17.6 Å². The first-order valence-corrected chi connectivity index (χ1v) is 11.2. The van der Waals surface area contributed by atoms with Crippen molar-refractivity contribution < 1.29 is 28.5 Å². The van der Waals surface area contributed by atoms with Crippen molar-refractivity contribution >= 4 is 17.6 Å². The van der Waals surface area contributed by atoms with E-state index in [-0.39, 0.29) is 32.5 Å². The number of benzene rings is 3. The molecule has 1 amide bonds. The Labute approximate surface area is 203 Å². The summed E-state index contributed by atoms with van der Waals surface area (Å²) >= 11 is 0. The zero-order valence-electron chi connectivity index (χ0n) is 19.2. The van der Waals surface area contributed by atoms with Crippen molar-refractivity contribution in [3.63, 3.8) is 0 Å². The summed E-state index contributed by atoms with van der Waals surface area (Å²) in [6.45, 7) is 2.46. The highest BCUT2D eigenvalue weighted by atomic mass is 16.6. The molecule has 3 aromatic carbocycles. The molecule has 0 N–H and O–H groups in total. The van der Waals surface area contributed by atoms with Gasteiger partial charge in [-0.2, -0.15) is 5.26 Å². The van der Waals surface area contributed by atoms with Crippen LogP contribution in [0.15, 0.2) is 72.8 Å². The van der Waals surface area contributed by atoms with Crippen LogP contribution in [0.1, 0.15) is 18.1 Å². The van der Waals surface area contributed by atoms with Crippen LogP contribution in [0.4, 0.5) is 5.69 Å². The van der Waals surface area contributed by atoms with Crippen molar-refractivity contribution in [3.8, 4) is 23.3 Å². The number of nitrogens with zero attached hydrogens (tertiary/aromatic N) is 2. The van der Waals surface area contributed by atoms with E-state index in [1.165, 1.54) is 4.90 Å². The average Bonchev–Trinajstić information content (AvgIpc) is 2.91. The quantitative estimate of drug-likeness (QED) is 0.380. The zero-order valence-corrected chi connectivity index (χ0v) is 19.2. The lowest BCUT2D eigenvalue weighted by molar-refractivity contribution is -0.153. The molecule has 0 radical (unpaired) electrons. The number of fused-ring (bicyclic) bond motifs is 1. The molecule has 1 aliphatic heterocycles. The smallest absolute Gasteiger partial charge is 0.397 e. The minimum Gasteiger partial charge on any atom is -0.490 e. The fourth-order valence-corrected chi connectivity index (χ4v) is 3.52. The lowest BCUT2D eigenvalue weighted by atomic mass is 10.1. The molecule has 1 heterocycles. The molecule has 0 aromatic heterocycles. The van der Waals surface area contributed by atoms with Crippen LogP contribution in [0.3, 0.4) is 0 Å². The van der Waals surface area contributed by atoms with Crippen LogP contribution in [-0.2, 0) is 20.9 Å².